The zero-order valence-electron chi connectivity index (χ0n) is 7.79. The highest BCUT2D eigenvalue weighted by atomic mass is 32.1. The van der Waals surface area contributed by atoms with Crippen molar-refractivity contribution >= 4 is 21.4 Å². The fraction of sp³-hybridized carbons (Fsp3) is 0.273. The Morgan fingerprint density at radius 1 is 1.38 bits per heavy atom. The number of rotatable bonds is 1. The van der Waals surface area contributed by atoms with Crippen LogP contribution in [-0.2, 0) is 6.42 Å². The average Bonchev–Trinajstić information content (AvgIpc) is 2.45. The zero-order chi connectivity index (χ0) is 9.42. The molecule has 0 bridgehead atoms. The number of hydrogen-bond donors (Lipinski definition) is 1. The summed E-state index contributed by atoms with van der Waals surface area (Å²) in [5, 5.41) is 10.8. The van der Waals surface area contributed by atoms with Gasteiger partial charge in [0, 0.05) is 4.88 Å². The molecule has 0 aliphatic carbocycles. The number of aryl methyl sites for hydroxylation is 2. The first kappa shape index (κ1) is 8.57. The molecule has 0 aliphatic rings. The molecule has 1 aromatic heterocycles. The van der Waals surface area contributed by atoms with Crippen molar-refractivity contribution in [3.63, 3.8) is 0 Å². The topological polar surface area (TPSA) is 20.2 Å². The van der Waals surface area contributed by atoms with E-state index in [0.29, 0.717) is 5.75 Å². The van der Waals surface area contributed by atoms with Crippen LogP contribution >= 0.6 is 11.3 Å². The van der Waals surface area contributed by atoms with E-state index in [1.807, 2.05) is 6.07 Å². The lowest BCUT2D eigenvalue weighted by molar-refractivity contribution is 0.482. The summed E-state index contributed by atoms with van der Waals surface area (Å²) in [6.45, 7) is 4.27. The summed E-state index contributed by atoms with van der Waals surface area (Å²) < 4.78 is 1.02. The summed E-state index contributed by atoms with van der Waals surface area (Å²) in [5.41, 5.74) is 1.32. The largest absolute Gasteiger partial charge is 0.506 e. The lowest BCUT2D eigenvalue weighted by Crippen LogP contribution is -1.75. The quantitative estimate of drug-likeness (QED) is 0.733. The molecule has 0 atom stereocenters. The number of phenolic OH excluding ortho intramolecular Hbond substituents is 1. The molecule has 0 fully saturated rings. The van der Waals surface area contributed by atoms with Crippen molar-refractivity contribution in [3.05, 3.63) is 28.6 Å². The molecule has 0 aliphatic heterocycles. The maximum atomic E-state index is 9.61. The second-order valence-electron chi connectivity index (χ2n) is 3.16. The molecule has 1 heterocycles. The lowest BCUT2D eigenvalue weighted by Gasteiger charge is -1.93. The van der Waals surface area contributed by atoms with E-state index in [0.717, 1.165) is 11.1 Å². The average molecular weight is 192 g/mol. The number of thiophene rings is 1. The van der Waals surface area contributed by atoms with Crippen LogP contribution in [0.1, 0.15) is 17.4 Å². The van der Waals surface area contributed by atoms with Crippen LogP contribution < -0.4 is 0 Å². The summed E-state index contributed by atoms with van der Waals surface area (Å²) in [6, 6.07) is 5.72. The van der Waals surface area contributed by atoms with Crippen molar-refractivity contribution in [3.8, 4) is 5.75 Å². The summed E-state index contributed by atoms with van der Waals surface area (Å²) >= 11 is 1.70. The molecule has 0 amide bonds. The second kappa shape index (κ2) is 3.04. The van der Waals surface area contributed by atoms with E-state index in [4.69, 9.17) is 0 Å². The van der Waals surface area contributed by atoms with Crippen molar-refractivity contribution in [2.24, 2.45) is 0 Å². The van der Waals surface area contributed by atoms with Crippen LogP contribution in [0.2, 0.25) is 0 Å². The Kier molecular flexibility index (Phi) is 2.00. The van der Waals surface area contributed by atoms with Crippen LogP contribution in [0.4, 0.5) is 0 Å². The van der Waals surface area contributed by atoms with Crippen LogP contribution in [-0.4, -0.2) is 5.11 Å². The van der Waals surface area contributed by atoms with Crippen molar-refractivity contribution in [1.29, 1.82) is 0 Å². The molecule has 1 N–H and O–H groups in total. The van der Waals surface area contributed by atoms with Gasteiger partial charge >= 0.3 is 0 Å². The van der Waals surface area contributed by atoms with Gasteiger partial charge in [0.25, 0.3) is 0 Å². The standard InChI is InChI=1S/C11H12OS/c1-3-10-7(2)8-5-4-6-9(12)11(8)13-10/h4-6,12H,3H2,1-2H3. The van der Waals surface area contributed by atoms with Crippen LogP contribution in [0.25, 0.3) is 10.1 Å². The van der Waals surface area contributed by atoms with Crippen LogP contribution in [0.5, 0.6) is 5.75 Å². The molecule has 0 saturated heterocycles. The Morgan fingerprint density at radius 2 is 2.15 bits per heavy atom. The van der Waals surface area contributed by atoms with E-state index >= 15 is 0 Å². The highest BCUT2D eigenvalue weighted by Crippen LogP contribution is 2.36. The van der Waals surface area contributed by atoms with Gasteiger partial charge in [0.2, 0.25) is 0 Å². The molecule has 0 spiro atoms. The summed E-state index contributed by atoms with van der Waals surface area (Å²) in [7, 11) is 0. The van der Waals surface area contributed by atoms with E-state index in [1.165, 1.54) is 15.8 Å². The maximum Gasteiger partial charge on any atom is 0.133 e. The molecule has 68 valence electrons. The Labute approximate surface area is 81.6 Å². The third-order valence-electron chi connectivity index (χ3n) is 2.36. The van der Waals surface area contributed by atoms with E-state index in [1.54, 1.807) is 17.4 Å². The Morgan fingerprint density at radius 3 is 2.77 bits per heavy atom. The number of hydrogen-bond acceptors (Lipinski definition) is 2. The van der Waals surface area contributed by atoms with Gasteiger partial charge in [-0.2, -0.15) is 0 Å². The molecule has 13 heavy (non-hydrogen) atoms. The van der Waals surface area contributed by atoms with Gasteiger partial charge in [-0.15, -0.1) is 11.3 Å². The van der Waals surface area contributed by atoms with E-state index < -0.39 is 0 Å². The molecule has 2 rings (SSSR count). The van der Waals surface area contributed by atoms with Crippen molar-refractivity contribution in [2.45, 2.75) is 20.3 Å². The van der Waals surface area contributed by atoms with Crippen LogP contribution in [0, 0.1) is 6.92 Å². The van der Waals surface area contributed by atoms with E-state index in [9.17, 15) is 5.11 Å². The first-order valence-corrected chi connectivity index (χ1v) is 5.25. The fourth-order valence-electron chi connectivity index (χ4n) is 1.61. The number of benzene rings is 1. The highest BCUT2D eigenvalue weighted by molar-refractivity contribution is 7.19. The predicted octanol–water partition coefficient (Wildman–Crippen LogP) is 3.48. The molecule has 0 unspecified atom stereocenters. The molecule has 1 aromatic carbocycles. The minimum atomic E-state index is 0.408. The van der Waals surface area contributed by atoms with Crippen molar-refractivity contribution < 1.29 is 5.11 Å². The summed E-state index contributed by atoms with van der Waals surface area (Å²) in [6.07, 6.45) is 1.05. The van der Waals surface area contributed by atoms with Gasteiger partial charge in [-0.3, -0.25) is 0 Å². The Balaban J connectivity index is 2.83. The lowest BCUT2D eigenvalue weighted by atomic mass is 10.1. The molecular weight excluding hydrogens is 180 g/mol. The molecule has 2 heteroatoms. The van der Waals surface area contributed by atoms with Gasteiger partial charge in [0.05, 0.1) is 4.70 Å². The van der Waals surface area contributed by atoms with Gasteiger partial charge in [-0.1, -0.05) is 19.1 Å². The smallest absolute Gasteiger partial charge is 0.133 e. The predicted molar refractivity (Wildman–Crippen MR) is 57.6 cm³/mol. The minimum absolute atomic E-state index is 0.408. The summed E-state index contributed by atoms with van der Waals surface area (Å²) in [4.78, 5) is 1.37. The Hall–Kier alpha value is -1.02. The van der Waals surface area contributed by atoms with Crippen molar-refractivity contribution in [2.75, 3.05) is 0 Å². The van der Waals surface area contributed by atoms with Gasteiger partial charge in [0.15, 0.2) is 0 Å². The normalized spacial score (nSPS) is 10.9. The van der Waals surface area contributed by atoms with E-state index in [2.05, 4.69) is 19.9 Å². The van der Waals surface area contributed by atoms with Crippen LogP contribution in [0.15, 0.2) is 18.2 Å². The van der Waals surface area contributed by atoms with E-state index in [-0.39, 0.29) is 0 Å². The number of phenols is 1. The molecule has 0 saturated carbocycles. The first-order chi connectivity index (χ1) is 6.24. The minimum Gasteiger partial charge on any atom is -0.506 e. The highest BCUT2D eigenvalue weighted by Gasteiger charge is 2.08. The van der Waals surface area contributed by atoms with Crippen molar-refractivity contribution in [1.82, 2.24) is 0 Å². The Bertz CT molecular complexity index is 443. The monoisotopic (exact) mass is 192 g/mol. The molecule has 0 radical (unpaired) electrons. The number of fused-ring (bicyclic) bond motifs is 1. The zero-order valence-corrected chi connectivity index (χ0v) is 8.61. The SMILES string of the molecule is CCc1sc2c(O)cccc2c1C. The molecule has 2 aromatic rings. The summed E-state index contributed by atoms with van der Waals surface area (Å²) in [5.74, 6) is 0.408. The number of aromatic hydroxyl groups is 1. The van der Waals surface area contributed by atoms with Gasteiger partial charge < -0.3 is 5.11 Å². The van der Waals surface area contributed by atoms with Crippen LogP contribution in [0.3, 0.4) is 0 Å². The molecule has 1 nitrogen and oxygen atoms in total. The first-order valence-electron chi connectivity index (χ1n) is 4.44. The molecular formula is C11H12OS. The maximum absolute atomic E-state index is 9.61. The van der Waals surface area contributed by atoms with Gasteiger partial charge in [-0.05, 0) is 30.4 Å². The van der Waals surface area contributed by atoms with Gasteiger partial charge in [-0.25, -0.2) is 0 Å². The third kappa shape index (κ3) is 1.22. The second-order valence-corrected chi connectivity index (χ2v) is 4.26. The van der Waals surface area contributed by atoms with Gasteiger partial charge in [0.1, 0.15) is 5.75 Å². The third-order valence-corrected chi connectivity index (χ3v) is 3.84. The fourth-order valence-corrected chi connectivity index (χ4v) is 2.77.